The molecule has 2 heterocycles. The van der Waals surface area contributed by atoms with E-state index in [1.165, 1.54) is 5.56 Å². The van der Waals surface area contributed by atoms with Crippen molar-refractivity contribution in [2.75, 3.05) is 26.3 Å². The smallest absolute Gasteiger partial charge is 0.253 e. The number of rotatable bonds is 5. The number of nitrogens with zero attached hydrogens (tertiary/aromatic N) is 1. The molecule has 2 atom stereocenters. The molecule has 2 fully saturated rings. The van der Waals surface area contributed by atoms with Gasteiger partial charge in [0.15, 0.2) is 0 Å². The highest BCUT2D eigenvalue weighted by atomic mass is 16.5. The van der Waals surface area contributed by atoms with Gasteiger partial charge in [-0.2, -0.15) is 0 Å². The number of likely N-dealkylation sites (tertiary alicyclic amines) is 1. The first kappa shape index (κ1) is 21.8. The van der Waals surface area contributed by atoms with Crippen LogP contribution in [0.3, 0.4) is 0 Å². The molecule has 4 rings (SSSR count). The average Bonchev–Trinajstić information content (AvgIpc) is 2.78. The van der Waals surface area contributed by atoms with E-state index in [0.717, 1.165) is 6.42 Å². The predicted molar refractivity (Wildman–Crippen MR) is 117 cm³/mol. The summed E-state index contributed by atoms with van der Waals surface area (Å²) in [6.45, 7) is 3.57. The number of benzene rings is 2. The van der Waals surface area contributed by atoms with Crippen molar-refractivity contribution in [3.05, 3.63) is 65.7 Å². The first-order valence-electron chi connectivity index (χ1n) is 11.0. The van der Waals surface area contributed by atoms with E-state index in [0.29, 0.717) is 56.9 Å². The molecule has 0 aliphatic carbocycles. The molecule has 0 bridgehead atoms. The molecule has 2 saturated heterocycles. The number of hydrogen-bond donors (Lipinski definition) is 2. The maximum Gasteiger partial charge on any atom is 0.253 e. The largest absolute Gasteiger partial charge is 0.493 e. The van der Waals surface area contributed by atoms with Gasteiger partial charge in [0.1, 0.15) is 17.5 Å². The monoisotopic (exact) mass is 425 g/mol. The molecule has 0 radical (unpaired) electrons. The molecule has 6 nitrogen and oxygen atoms in total. The van der Waals surface area contributed by atoms with Crippen molar-refractivity contribution in [2.45, 2.75) is 49.9 Å². The molecule has 2 N–H and O–H groups in total. The summed E-state index contributed by atoms with van der Waals surface area (Å²) in [7, 11) is 0. The highest BCUT2D eigenvalue weighted by molar-refractivity contribution is 5.94. The van der Waals surface area contributed by atoms with Gasteiger partial charge in [0.2, 0.25) is 0 Å². The third kappa shape index (κ3) is 4.76. The van der Waals surface area contributed by atoms with Crippen molar-refractivity contribution in [2.24, 2.45) is 0 Å². The van der Waals surface area contributed by atoms with Crippen LogP contribution >= 0.6 is 0 Å². The Balaban J connectivity index is 1.34. The molecule has 31 heavy (non-hydrogen) atoms. The van der Waals surface area contributed by atoms with Crippen molar-refractivity contribution >= 4 is 5.91 Å². The molecule has 2 aromatic rings. The van der Waals surface area contributed by atoms with Crippen molar-refractivity contribution in [3.63, 3.8) is 0 Å². The zero-order valence-electron chi connectivity index (χ0n) is 18.0. The highest BCUT2D eigenvalue weighted by Gasteiger charge is 2.52. The summed E-state index contributed by atoms with van der Waals surface area (Å²) in [6, 6.07) is 17.4. The highest BCUT2D eigenvalue weighted by Crippen LogP contribution is 2.40. The number of piperidine rings is 1. The van der Waals surface area contributed by atoms with Gasteiger partial charge in [0, 0.05) is 31.5 Å². The molecule has 0 aromatic heterocycles. The SMILES string of the molecule is C[C@@]1(O)CCOC2(CCN(C(=O)c3cccc(OCCc4ccccc4)c3)CC2)C1O. The van der Waals surface area contributed by atoms with E-state index in [9.17, 15) is 15.0 Å². The van der Waals surface area contributed by atoms with Crippen LogP contribution in [0.5, 0.6) is 5.75 Å². The van der Waals surface area contributed by atoms with Gasteiger partial charge in [0.05, 0.1) is 18.8 Å². The molecule has 1 amide bonds. The van der Waals surface area contributed by atoms with Crippen LogP contribution in [0.4, 0.5) is 0 Å². The lowest BCUT2D eigenvalue weighted by atomic mass is 9.75. The molecule has 6 heteroatoms. The summed E-state index contributed by atoms with van der Waals surface area (Å²) in [5, 5.41) is 21.1. The van der Waals surface area contributed by atoms with Crippen LogP contribution in [0.2, 0.25) is 0 Å². The molecular weight excluding hydrogens is 394 g/mol. The number of amides is 1. The van der Waals surface area contributed by atoms with E-state index in [4.69, 9.17) is 9.47 Å². The van der Waals surface area contributed by atoms with Crippen molar-refractivity contribution in [3.8, 4) is 5.75 Å². The lowest BCUT2D eigenvalue weighted by Gasteiger charge is -2.51. The van der Waals surface area contributed by atoms with Crippen LogP contribution in [0.15, 0.2) is 54.6 Å². The Morgan fingerprint density at radius 2 is 1.87 bits per heavy atom. The molecule has 2 aliphatic rings. The lowest BCUT2D eigenvalue weighted by molar-refractivity contribution is -0.244. The van der Waals surface area contributed by atoms with E-state index in [1.54, 1.807) is 24.0 Å². The third-order valence-electron chi connectivity index (χ3n) is 6.57. The number of aliphatic hydroxyl groups excluding tert-OH is 1. The standard InChI is InChI=1S/C25H31NO5/c1-24(29)13-17-31-25(23(24)28)11-14-26(15-12-25)22(27)20-8-5-9-21(18-20)30-16-10-19-6-3-2-4-7-19/h2-9,18,23,28-29H,10-17H2,1H3/t23?,24-/m1/s1. The number of hydrogen-bond acceptors (Lipinski definition) is 5. The predicted octanol–water partition coefficient (Wildman–Crippen LogP) is 2.82. The minimum absolute atomic E-state index is 0.0552. The van der Waals surface area contributed by atoms with Gasteiger partial charge in [-0.05, 0) is 43.5 Å². The van der Waals surface area contributed by atoms with Gasteiger partial charge in [-0.3, -0.25) is 4.79 Å². The second kappa shape index (κ2) is 8.99. The van der Waals surface area contributed by atoms with Crippen LogP contribution in [0, 0.1) is 0 Å². The molecule has 2 aliphatic heterocycles. The van der Waals surface area contributed by atoms with Gasteiger partial charge in [0.25, 0.3) is 5.91 Å². The topological polar surface area (TPSA) is 79.2 Å². The van der Waals surface area contributed by atoms with E-state index < -0.39 is 17.3 Å². The van der Waals surface area contributed by atoms with Crippen molar-refractivity contribution in [1.29, 1.82) is 0 Å². The maximum atomic E-state index is 13.0. The lowest BCUT2D eigenvalue weighted by Crippen LogP contribution is -2.64. The summed E-state index contributed by atoms with van der Waals surface area (Å²) >= 11 is 0. The van der Waals surface area contributed by atoms with E-state index in [1.807, 2.05) is 30.3 Å². The second-order valence-electron chi connectivity index (χ2n) is 8.83. The Labute approximate surface area is 183 Å². The first-order chi connectivity index (χ1) is 14.9. The van der Waals surface area contributed by atoms with Crippen LogP contribution in [0.1, 0.15) is 42.1 Å². The first-order valence-corrected chi connectivity index (χ1v) is 11.0. The zero-order chi connectivity index (χ0) is 21.9. The van der Waals surface area contributed by atoms with E-state index >= 15 is 0 Å². The third-order valence-corrected chi connectivity index (χ3v) is 6.57. The minimum atomic E-state index is -1.16. The number of ether oxygens (including phenoxy) is 2. The molecule has 2 aromatic carbocycles. The average molecular weight is 426 g/mol. The Kier molecular flexibility index (Phi) is 6.32. The number of aliphatic hydroxyl groups is 2. The Morgan fingerprint density at radius 3 is 2.61 bits per heavy atom. The fourth-order valence-electron chi connectivity index (χ4n) is 4.58. The summed E-state index contributed by atoms with van der Waals surface area (Å²) < 4.78 is 11.8. The van der Waals surface area contributed by atoms with Crippen LogP contribution in [0.25, 0.3) is 0 Å². The Morgan fingerprint density at radius 1 is 1.13 bits per heavy atom. The zero-order valence-corrected chi connectivity index (χ0v) is 18.0. The van der Waals surface area contributed by atoms with Gasteiger partial charge >= 0.3 is 0 Å². The Bertz CT molecular complexity index is 890. The van der Waals surface area contributed by atoms with Gasteiger partial charge < -0.3 is 24.6 Å². The number of carbonyl (C=O) groups excluding carboxylic acids is 1. The van der Waals surface area contributed by atoms with Crippen LogP contribution in [-0.4, -0.2) is 64.6 Å². The number of carbonyl (C=O) groups is 1. The normalized spacial score (nSPS) is 25.4. The van der Waals surface area contributed by atoms with Crippen molar-refractivity contribution < 1.29 is 24.5 Å². The Hall–Kier alpha value is -2.41. The minimum Gasteiger partial charge on any atom is -0.493 e. The van der Waals surface area contributed by atoms with Crippen LogP contribution in [-0.2, 0) is 11.2 Å². The summed E-state index contributed by atoms with van der Waals surface area (Å²) in [6.07, 6.45) is 1.27. The summed E-state index contributed by atoms with van der Waals surface area (Å²) in [5.41, 5.74) is -0.134. The van der Waals surface area contributed by atoms with Gasteiger partial charge in [-0.1, -0.05) is 36.4 Å². The summed E-state index contributed by atoms with van der Waals surface area (Å²) in [4.78, 5) is 14.8. The maximum absolute atomic E-state index is 13.0. The molecule has 1 unspecified atom stereocenters. The molecule has 1 spiro atoms. The second-order valence-corrected chi connectivity index (χ2v) is 8.83. The van der Waals surface area contributed by atoms with E-state index in [-0.39, 0.29) is 5.91 Å². The summed E-state index contributed by atoms with van der Waals surface area (Å²) in [5.74, 6) is 0.623. The molecule has 0 saturated carbocycles. The quantitative estimate of drug-likeness (QED) is 0.770. The van der Waals surface area contributed by atoms with Gasteiger partial charge in [-0.15, -0.1) is 0 Å². The van der Waals surface area contributed by atoms with E-state index in [2.05, 4.69) is 12.1 Å². The fraction of sp³-hybridized carbons (Fsp3) is 0.480. The van der Waals surface area contributed by atoms with Crippen LogP contribution < -0.4 is 4.74 Å². The molecule has 166 valence electrons. The van der Waals surface area contributed by atoms with Crippen molar-refractivity contribution in [1.82, 2.24) is 4.90 Å². The van der Waals surface area contributed by atoms with Gasteiger partial charge in [-0.25, -0.2) is 0 Å². The molecular formula is C25H31NO5. The fourth-order valence-corrected chi connectivity index (χ4v) is 4.58.